The lowest BCUT2D eigenvalue weighted by Crippen LogP contribution is -2.23. The van der Waals surface area contributed by atoms with Crippen LogP contribution in [-0.4, -0.2) is 9.55 Å². The van der Waals surface area contributed by atoms with Crippen LogP contribution in [-0.2, 0) is 0 Å². The van der Waals surface area contributed by atoms with E-state index >= 15 is 0 Å². The molecule has 1 heterocycles. The first-order valence-corrected chi connectivity index (χ1v) is 7.08. The summed E-state index contributed by atoms with van der Waals surface area (Å²) in [5.41, 5.74) is 2.45. The van der Waals surface area contributed by atoms with Crippen molar-refractivity contribution in [2.75, 3.05) is 0 Å². The number of rotatable bonds is 1. The fourth-order valence-electron chi connectivity index (χ4n) is 3.74. The summed E-state index contributed by atoms with van der Waals surface area (Å²) in [6.07, 6.45) is 3.97. The van der Waals surface area contributed by atoms with Crippen LogP contribution in [0.25, 0.3) is 11.0 Å². The van der Waals surface area contributed by atoms with Gasteiger partial charge in [-0.05, 0) is 50.2 Å². The van der Waals surface area contributed by atoms with Crippen molar-refractivity contribution >= 4 is 11.0 Å². The molecule has 0 amide bonds. The highest BCUT2D eigenvalue weighted by molar-refractivity contribution is 5.76. The van der Waals surface area contributed by atoms with Crippen LogP contribution < -0.4 is 0 Å². The van der Waals surface area contributed by atoms with Crippen LogP contribution in [0.2, 0.25) is 0 Å². The lowest BCUT2D eigenvalue weighted by molar-refractivity contribution is 0.222. The molecule has 1 aromatic heterocycles. The molecule has 1 aliphatic rings. The highest BCUT2D eigenvalue weighted by Crippen LogP contribution is 2.38. The summed E-state index contributed by atoms with van der Waals surface area (Å²) in [4.78, 5) is 4.70. The van der Waals surface area contributed by atoms with Gasteiger partial charge in [0.25, 0.3) is 0 Å². The first kappa shape index (κ1) is 11.8. The van der Waals surface area contributed by atoms with Gasteiger partial charge in [0.15, 0.2) is 0 Å². The minimum Gasteiger partial charge on any atom is -0.325 e. The average Bonchev–Trinajstić information content (AvgIpc) is 2.63. The van der Waals surface area contributed by atoms with Gasteiger partial charge in [-0.15, -0.1) is 0 Å². The topological polar surface area (TPSA) is 17.8 Å². The number of hydrogen-bond donors (Lipinski definition) is 0. The molecule has 0 aliphatic heterocycles. The Labute approximate surface area is 109 Å². The fourth-order valence-corrected chi connectivity index (χ4v) is 3.74. The van der Waals surface area contributed by atoms with Crippen molar-refractivity contribution in [3.8, 4) is 0 Å². The maximum atomic E-state index is 4.70. The molecule has 0 N–H and O–H groups in total. The smallest absolute Gasteiger partial charge is 0.106 e. The SMILES string of the molecule is Cc1nc2ccccc2n1C1CC(C)CC(C)C1. The van der Waals surface area contributed by atoms with Crippen molar-refractivity contribution in [2.24, 2.45) is 11.8 Å². The van der Waals surface area contributed by atoms with Crippen molar-refractivity contribution in [1.29, 1.82) is 0 Å². The Hall–Kier alpha value is -1.31. The third-order valence-electron chi connectivity index (χ3n) is 4.29. The molecule has 3 rings (SSSR count). The van der Waals surface area contributed by atoms with E-state index in [1.54, 1.807) is 0 Å². The number of aromatic nitrogens is 2. The van der Waals surface area contributed by atoms with Gasteiger partial charge in [-0.1, -0.05) is 26.0 Å². The van der Waals surface area contributed by atoms with Gasteiger partial charge >= 0.3 is 0 Å². The van der Waals surface area contributed by atoms with Gasteiger partial charge in [0.05, 0.1) is 11.0 Å². The van der Waals surface area contributed by atoms with Crippen molar-refractivity contribution in [3.63, 3.8) is 0 Å². The molecule has 1 aliphatic carbocycles. The molecule has 1 fully saturated rings. The second-order valence-electron chi connectivity index (χ2n) is 6.09. The minimum absolute atomic E-state index is 0.635. The summed E-state index contributed by atoms with van der Waals surface area (Å²) in [5.74, 6) is 2.83. The van der Waals surface area contributed by atoms with Crippen molar-refractivity contribution in [3.05, 3.63) is 30.1 Å². The van der Waals surface area contributed by atoms with Crippen LogP contribution in [0.3, 0.4) is 0 Å². The number of aryl methyl sites for hydroxylation is 1. The van der Waals surface area contributed by atoms with Gasteiger partial charge in [-0.25, -0.2) is 4.98 Å². The summed E-state index contributed by atoms with van der Waals surface area (Å²) in [6, 6.07) is 9.16. The molecule has 96 valence electrons. The van der Waals surface area contributed by atoms with E-state index in [0.717, 1.165) is 17.4 Å². The zero-order chi connectivity index (χ0) is 12.7. The molecule has 0 spiro atoms. The number of imidazole rings is 1. The second kappa shape index (κ2) is 4.42. The minimum atomic E-state index is 0.635. The number of benzene rings is 1. The lowest BCUT2D eigenvalue weighted by Gasteiger charge is -2.33. The Balaban J connectivity index is 2.05. The van der Waals surface area contributed by atoms with Gasteiger partial charge in [0.1, 0.15) is 5.82 Å². The summed E-state index contributed by atoms with van der Waals surface area (Å²) in [6.45, 7) is 6.91. The first-order valence-electron chi connectivity index (χ1n) is 7.08. The van der Waals surface area contributed by atoms with Crippen LogP contribution >= 0.6 is 0 Å². The standard InChI is InChI=1S/C16H22N2/c1-11-8-12(2)10-14(9-11)18-13(3)17-15-6-4-5-7-16(15)18/h4-7,11-12,14H,8-10H2,1-3H3. The Morgan fingerprint density at radius 2 is 1.72 bits per heavy atom. The van der Waals surface area contributed by atoms with Gasteiger partial charge in [-0.2, -0.15) is 0 Å². The van der Waals surface area contributed by atoms with Gasteiger partial charge in [0, 0.05) is 6.04 Å². The molecule has 2 heteroatoms. The molecule has 2 atom stereocenters. The second-order valence-corrected chi connectivity index (χ2v) is 6.09. The Morgan fingerprint density at radius 3 is 2.44 bits per heavy atom. The van der Waals surface area contributed by atoms with Crippen LogP contribution in [0.4, 0.5) is 0 Å². The quantitative estimate of drug-likeness (QED) is 0.727. The Kier molecular flexibility index (Phi) is 2.89. The van der Waals surface area contributed by atoms with E-state index in [1.165, 1.54) is 30.6 Å². The predicted octanol–water partition coefficient (Wildman–Crippen LogP) is 4.34. The first-order chi connectivity index (χ1) is 8.65. The maximum absolute atomic E-state index is 4.70. The van der Waals surface area contributed by atoms with Crippen molar-refractivity contribution in [1.82, 2.24) is 9.55 Å². The third kappa shape index (κ3) is 1.94. The molecule has 18 heavy (non-hydrogen) atoms. The fraction of sp³-hybridized carbons (Fsp3) is 0.562. The monoisotopic (exact) mass is 242 g/mol. The zero-order valence-corrected chi connectivity index (χ0v) is 11.6. The average molecular weight is 242 g/mol. The summed E-state index contributed by atoms with van der Waals surface area (Å²) >= 11 is 0. The molecule has 1 saturated carbocycles. The van der Waals surface area contributed by atoms with Crippen LogP contribution in [0.5, 0.6) is 0 Å². The highest BCUT2D eigenvalue weighted by Gasteiger charge is 2.27. The number of fused-ring (bicyclic) bond motifs is 1. The number of hydrogen-bond acceptors (Lipinski definition) is 1. The van der Waals surface area contributed by atoms with E-state index in [1.807, 2.05) is 0 Å². The molecule has 0 bridgehead atoms. The van der Waals surface area contributed by atoms with Gasteiger partial charge < -0.3 is 4.57 Å². The van der Waals surface area contributed by atoms with Crippen LogP contribution in [0, 0.1) is 18.8 Å². The van der Waals surface area contributed by atoms with Crippen LogP contribution in [0.15, 0.2) is 24.3 Å². The lowest BCUT2D eigenvalue weighted by atomic mass is 9.80. The predicted molar refractivity (Wildman–Crippen MR) is 75.7 cm³/mol. The molecule has 0 radical (unpaired) electrons. The third-order valence-corrected chi connectivity index (χ3v) is 4.29. The molecule has 2 nitrogen and oxygen atoms in total. The van der Waals surface area contributed by atoms with E-state index in [4.69, 9.17) is 4.98 Å². The molecule has 2 aromatic rings. The Bertz CT molecular complexity index is 545. The highest BCUT2D eigenvalue weighted by atomic mass is 15.1. The molecular weight excluding hydrogens is 220 g/mol. The van der Waals surface area contributed by atoms with Crippen molar-refractivity contribution in [2.45, 2.75) is 46.1 Å². The van der Waals surface area contributed by atoms with E-state index in [9.17, 15) is 0 Å². The molecule has 0 saturated heterocycles. The zero-order valence-electron chi connectivity index (χ0n) is 11.6. The Morgan fingerprint density at radius 1 is 1.06 bits per heavy atom. The van der Waals surface area contributed by atoms with E-state index in [-0.39, 0.29) is 0 Å². The molecule has 1 aromatic carbocycles. The number of nitrogens with zero attached hydrogens (tertiary/aromatic N) is 2. The maximum Gasteiger partial charge on any atom is 0.106 e. The van der Waals surface area contributed by atoms with E-state index in [0.29, 0.717) is 6.04 Å². The number of para-hydroxylation sites is 2. The van der Waals surface area contributed by atoms with Crippen molar-refractivity contribution < 1.29 is 0 Å². The van der Waals surface area contributed by atoms with E-state index < -0.39 is 0 Å². The van der Waals surface area contributed by atoms with Gasteiger partial charge in [-0.3, -0.25) is 0 Å². The van der Waals surface area contributed by atoms with E-state index in [2.05, 4.69) is 49.6 Å². The summed E-state index contributed by atoms with van der Waals surface area (Å²) < 4.78 is 2.47. The van der Waals surface area contributed by atoms with Gasteiger partial charge in [0.2, 0.25) is 0 Å². The summed E-state index contributed by atoms with van der Waals surface area (Å²) in [5, 5.41) is 0. The van der Waals surface area contributed by atoms with Crippen LogP contribution in [0.1, 0.15) is 45.0 Å². The molecule has 2 unspecified atom stereocenters. The molecular formula is C16H22N2. The normalized spacial score (nSPS) is 28.7. The summed E-state index contributed by atoms with van der Waals surface area (Å²) in [7, 11) is 0. The largest absolute Gasteiger partial charge is 0.325 e.